The normalized spacial score (nSPS) is 0. The summed E-state index contributed by atoms with van der Waals surface area (Å²) in [5, 5.41) is 0. The smallest absolute Gasteiger partial charge is 1.00 e. The fourth-order valence-corrected chi connectivity index (χ4v) is 0. The van der Waals surface area contributed by atoms with E-state index in [-0.39, 0.29) is 500 Å². The Balaban J connectivity index is 0. The molecule has 0 aromatic rings. The van der Waals surface area contributed by atoms with Crippen LogP contribution in [0.3, 0.4) is 0 Å². The summed E-state index contributed by atoms with van der Waals surface area (Å²) in [6.07, 6.45) is 0. The molecule has 0 saturated carbocycles. The Morgan fingerprint density at radius 1 is 0.0833 bits per heavy atom. The SMILES string of the molecule is [Ca+2].[Ca+2].[Ca+2].[Ca+2].[Ca+2].[Ca+2].[Ca+2].[Ca+2].[Cl-].[Cl-].[Cl-].[Cl-].[Cl-].[Cl-].[Cl-].[Cl-].[Cl-].[Cl-].[Cl-].[Cl-].[Cl-].[Cl-].[Cl-].[Cl-]. The Bertz CT molecular complexity index is 22.0. The Kier molecular flexibility index (Phi) is 2490. The molecule has 0 saturated heterocycles. The van der Waals surface area contributed by atoms with Crippen molar-refractivity contribution in [1.29, 1.82) is 0 Å². The maximum absolute atomic E-state index is 0. The van der Waals surface area contributed by atoms with Gasteiger partial charge < -0.3 is 199 Å². The van der Waals surface area contributed by atoms with Crippen molar-refractivity contribution in [3.63, 3.8) is 0 Å². The van der Waals surface area contributed by atoms with Crippen molar-refractivity contribution < 1.29 is 199 Å². The van der Waals surface area contributed by atoms with Crippen LogP contribution >= 0.6 is 0 Å². The molecular weight excluding hydrogens is 888 g/mol. The summed E-state index contributed by atoms with van der Waals surface area (Å²) >= 11 is 0. The Labute approximate surface area is 485 Å². The Morgan fingerprint density at radius 3 is 0.0833 bits per heavy atom. The van der Waals surface area contributed by atoms with E-state index >= 15 is 0 Å². The second-order valence-electron chi connectivity index (χ2n) is 0. The quantitative estimate of drug-likeness (QED) is 0.213. The standard InChI is InChI=1S/8Ca.16ClH/h;;;;;;;;16*1H/q8*+2;;;;;;;;;;;;;;;;/p-16. The van der Waals surface area contributed by atoms with Crippen molar-refractivity contribution in [2.45, 2.75) is 0 Å². The summed E-state index contributed by atoms with van der Waals surface area (Å²) in [5.74, 6) is 0. The summed E-state index contributed by atoms with van der Waals surface area (Å²) < 4.78 is 0. The molecule has 0 aromatic carbocycles. The maximum atomic E-state index is 0. The number of halogens is 16. The van der Waals surface area contributed by atoms with Crippen molar-refractivity contribution in [2.24, 2.45) is 0 Å². The van der Waals surface area contributed by atoms with Gasteiger partial charge in [0.15, 0.2) is 0 Å². The number of rotatable bonds is 0. The largest absolute Gasteiger partial charge is 2.00 e. The van der Waals surface area contributed by atoms with E-state index < -0.39 is 0 Å². The first-order valence-electron chi connectivity index (χ1n) is 0. The van der Waals surface area contributed by atoms with Gasteiger partial charge in [0.25, 0.3) is 0 Å². The van der Waals surface area contributed by atoms with Gasteiger partial charge in [0.05, 0.1) is 0 Å². The van der Waals surface area contributed by atoms with Crippen LogP contribution in [-0.4, -0.2) is 302 Å². The van der Waals surface area contributed by atoms with E-state index in [1.807, 2.05) is 0 Å². The third-order valence-electron chi connectivity index (χ3n) is 0. The van der Waals surface area contributed by atoms with E-state index in [0.29, 0.717) is 0 Å². The molecule has 24 heavy (non-hydrogen) atoms. The van der Waals surface area contributed by atoms with Crippen LogP contribution in [0.25, 0.3) is 0 Å². The van der Waals surface area contributed by atoms with Crippen LogP contribution in [0, 0.1) is 0 Å². The molecule has 0 fully saturated rings. The molecule has 0 N–H and O–H groups in total. The molecule has 0 aromatic heterocycles. The molecule has 0 amide bonds. The van der Waals surface area contributed by atoms with Crippen molar-refractivity contribution in [3.05, 3.63) is 0 Å². The van der Waals surface area contributed by atoms with Crippen LogP contribution in [0.5, 0.6) is 0 Å². The average molecular weight is 888 g/mol. The van der Waals surface area contributed by atoms with Gasteiger partial charge in [-0.15, -0.1) is 0 Å². The second kappa shape index (κ2) is 235. The predicted molar refractivity (Wildman–Crippen MR) is 46.0 cm³/mol. The summed E-state index contributed by atoms with van der Waals surface area (Å²) in [6.45, 7) is 0. The van der Waals surface area contributed by atoms with Gasteiger partial charge in [-0.05, 0) is 0 Å². The Hall–Kier alpha value is 14.7. The van der Waals surface area contributed by atoms with Crippen LogP contribution in [0.15, 0.2) is 0 Å². The molecule has 0 aliphatic carbocycles. The van der Waals surface area contributed by atoms with Crippen LogP contribution < -0.4 is 199 Å². The summed E-state index contributed by atoms with van der Waals surface area (Å²) in [6, 6.07) is 0. The van der Waals surface area contributed by atoms with Gasteiger partial charge in [0.2, 0.25) is 0 Å². The zero-order valence-electron chi connectivity index (χ0n) is 11.7. The third-order valence-corrected chi connectivity index (χ3v) is 0. The van der Waals surface area contributed by atoms with E-state index in [1.165, 1.54) is 0 Å². The molecular formula is Ca8Cl16. The van der Waals surface area contributed by atoms with Crippen LogP contribution in [0.2, 0.25) is 0 Å². The van der Waals surface area contributed by atoms with Crippen LogP contribution in [0.4, 0.5) is 0 Å². The zero-order chi connectivity index (χ0) is 0. The minimum absolute atomic E-state index is 0. The fraction of sp³-hybridized carbons (Fsp3) is 0. The topological polar surface area (TPSA) is 0 Å². The number of hydrogen-bond acceptors (Lipinski definition) is 0. The molecule has 24 heteroatoms. The molecule has 0 heterocycles. The third kappa shape index (κ3) is 216. The summed E-state index contributed by atoms with van der Waals surface area (Å²) in [5.41, 5.74) is 0. The van der Waals surface area contributed by atoms with E-state index in [4.69, 9.17) is 0 Å². The van der Waals surface area contributed by atoms with E-state index in [2.05, 4.69) is 0 Å². The molecule has 128 valence electrons. The van der Waals surface area contributed by atoms with Gasteiger partial charge in [-0.3, -0.25) is 0 Å². The molecule has 0 spiro atoms. The molecule has 0 rings (SSSR count). The first-order chi connectivity index (χ1) is 0. The zero-order valence-corrected chi connectivity index (χ0v) is 41.5. The van der Waals surface area contributed by atoms with E-state index in [1.54, 1.807) is 0 Å². The van der Waals surface area contributed by atoms with Gasteiger partial charge in [0.1, 0.15) is 0 Å². The van der Waals surface area contributed by atoms with E-state index in [0.717, 1.165) is 0 Å². The van der Waals surface area contributed by atoms with Crippen molar-refractivity contribution in [1.82, 2.24) is 0 Å². The van der Waals surface area contributed by atoms with Gasteiger partial charge in [0, 0.05) is 0 Å². The molecule has 0 radical (unpaired) electrons. The van der Waals surface area contributed by atoms with Crippen molar-refractivity contribution >= 4 is 302 Å². The monoisotopic (exact) mass is 879 g/mol. The second-order valence-corrected chi connectivity index (χ2v) is 0. The summed E-state index contributed by atoms with van der Waals surface area (Å²) in [4.78, 5) is 0. The molecule has 0 atom stereocenters. The Morgan fingerprint density at radius 2 is 0.0833 bits per heavy atom. The maximum Gasteiger partial charge on any atom is 2.00 e. The molecule has 0 aliphatic rings. The summed E-state index contributed by atoms with van der Waals surface area (Å²) in [7, 11) is 0. The average Bonchev–Trinajstić information content (AvgIpc) is 0. The van der Waals surface area contributed by atoms with Gasteiger partial charge in [-0.2, -0.15) is 0 Å². The molecule has 0 aliphatic heterocycles. The molecule has 0 nitrogen and oxygen atoms in total. The molecule has 0 unspecified atom stereocenters. The predicted octanol–water partition coefficient (Wildman–Crippen LogP) is -51.0. The first kappa shape index (κ1) is 254. The fourth-order valence-electron chi connectivity index (χ4n) is 0. The van der Waals surface area contributed by atoms with Gasteiger partial charge >= 0.3 is 302 Å². The van der Waals surface area contributed by atoms with Gasteiger partial charge in [-0.1, -0.05) is 0 Å². The first-order valence-corrected chi connectivity index (χ1v) is 0. The number of hydrogen-bond donors (Lipinski definition) is 0. The van der Waals surface area contributed by atoms with Crippen molar-refractivity contribution in [3.8, 4) is 0 Å². The van der Waals surface area contributed by atoms with Gasteiger partial charge in [-0.25, -0.2) is 0 Å². The van der Waals surface area contributed by atoms with Crippen LogP contribution in [0.1, 0.15) is 0 Å². The minimum Gasteiger partial charge on any atom is -1.00 e. The minimum atomic E-state index is 0. The van der Waals surface area contributed by atoms with Crippen LogP contribution in [-0.2, 0) is 0 Å². The van der Waals surface area contributed by atoms with E-state index in [9.17, 15) is 0 Å². The molecule has 0 bridgehead atoms. The van der Waals surface area contributed by atoms with Crippen molar-refractivity contribution in [2.75, 3.05) is 0 Å².